The summed E-state index contributed by atoms with van der Waals surface area (Å²) in [6.07, 6.45) is 2.37. The number of halogens is 1. The Hall–Kier alpha value is -0.110. The molecule has 2 aliphatic rings. The Balaban J connectivity index is 2.15. The quantitative estimate of drug-likeness (QED) is 0.726. The second-order valence-electron chi connectivity index (χ2n) is 4.05. The average Bonchev–Trinajstić information content (AvgIpc) is 2.88. The molecule has 1 aromatic carbocycles. The minimum atomic E-state index is 0.266. The molecule has 16 heavy (non-hydrogen) atoms. The second-order valence-corrected chi connectivity index (χ2v) is 7.95. The van der Waals surface area contributed by atoms with E-state index in [9.17, 15) is 0 Å². The predicted octanol–water partition coefficient (Wildman–Crippen LogP) is 3.90. The van der Waals surface area contributed by atoms with E-state index in [1.165, 1.54) is 29.1 Å². The summed E-state index contributed by atoms with van der Waals surface area (Å²) in [4.78, 5) is 0. The Kier molecular flexibility index (Phi) is 2.73. The molecule has 4 heteroatoms. The molecule has 1 spiro atoms. The van der Waals surface area contributed by atoms with Crippen molar-refractivity contribution in [2.75, 3.05) is 11.5 Å². The van der Waals surface area contributed by atoms with Crippen molar-refractivity contribution in [2.24, 2.45) is 0 Å². The van der Waals surface area contributed by atoms with Crippen LogP contribution in [0, 0.1) is 11.3 Å². The predicted molar refractivity (Wildman–Crippen MR) is 73.8 cm³/mol. The van der Waals surface area contributed by atoms with Crippen molar-refractivity contribution in [3.63, 3.8) is 0 Å². The molecule has 0 aromatic heterocycles. The summed E-state index contributed by atoms with van der Waals surface area (Å²) in [5.41, 5.74) is 3.60. The van der Waals surface area contributed by atoms with Crippen molar-refractivity contribution in [1.29, 1.82) is 5.26 Å². The lowest BCUT2D eigenvalue weighted by molar-refractivity contribution is 0.844. The van der Waals surface area contributed by atoms with Gasteiger partial charge in [0.05, 0.1) is 9.64 Å². The van der Waals surface area contributed by atoms with Crippen LogP contribution < -0.4 is 0 Å². The summed E-state index contributed by atoms with van der Waals surface area (Å²) in [6.45, 7) is 0. The Morgan fingerprint density at radius 1 is 1.31 bits per heavy atom. The average molecular weight is 312 g/mol. The van der Waals surface area contributed by atoms with Gasteiger partial charge < -0.3 is 0 Å². The molecule has 0 amide bonds. The number of nitrogens with zero attached hydrogens (tertiary/aromatic N) is 1. The lowest BCUT2D eigenvalue weighted by Gasteiger charge is -2.22. The number of benzene rings is 1. The molecule has 1 aromatic rings. The highest BCUT2D eigenvalue weighted by Crippen LogP contribution is 2.59. The number of fused-ring (bicyclic) bond motifs is 2. The van der Waals surface area contributed by atoms with E-state index in [1.54, 1.807) is 0 Å². The monoisotopic (exact) mass is 311 g/mol. The zero-order valence-corrected chi connectivity index (χ0v) is 11.8. The highest BCUT2D eigenvalue weighted by molar-refractivity contribution is 9.10. The lowest BCUT2D eigenvalue weighted by Crippen LogP contribution is -2.09. The molecule has 1 nitrogen and oxygen atoms in total. The van der Waals surface area contributed by atoms with E-state index in [0.717, 1.165) is 16.5 Å². The van der Waals surface area contributed by atoms with Gasteiger partial charge >= 0.3 is 0 Å². The van der Waals surface area contributed by atoms with Gasteiger partial charge in [0.1, 0.15) is 6.07 Å². The molecule has 0 N–H and O–H groups in total. The van der Waals surface area contributed by atoms with E-state index in [0.29, 0.717) is 0 Å². The first-order valence-electron chi connectivity index (χ1n) is 5.26. The summed E-state index contributed by atoms with van der Waals surface area (Å²) < 4.78 is 1.21. The fourth-order valence-electron chi connectivity index (χ4n) is 2.45. The van der Waals surface area contributed by atoms with Gasteiger partial charge in [0, 0.05) is 16.0 Å². The van der Waals surface area contributed by atoms with Crippen LogP contribution in [0.5, 0.6) is 0 Å². The van der Waals surface area contributed by atoms with E-state index in [4.69, 9.17) is 5.26 Å². The molecule has 1 saturated heterocycles. The molecule has 3 rings (SSSR count). The third-order valence-electron chi connectivity index (χ3n) is 3.20. The van der Waals surface area contributed by atoms with Crippen LogP contribution in [0.2, 0.25) is 0 Å². The maximum atomic E-state index is 9.09. The summed E-state index contributed by atoms with van der Waals surface area (Å²) in [7, 11) is 0. The van der Waals surface area contributed by atoms with E-state index >= 15 is 0 Å². The Bertz CT molecular complexity index is 487. The molecule has 0 bridgehead atoms. The number of nitriles is 1. The van der Waals surface area contributed by atoms with E-state index < -0.39 is 0 Å². The van der Waals surface area contributed by atoms with Crippen LogP contribution in [0.1, 0.15) is 23.1 Å². The number of rotatable bonds is 0. The van der Waals surface area contributed by atoms with E-state index in [2.05, 4.69) is 57.7 Å². The van der Waals surface area contributed by atoms with Crippen molar-refractivity contribution in [3.8, 4) is 6.07 Å². The molecule has 0 radical (unpaired) electrons. The molecule has 1 aliphatic heterocycles. The van der Waals surface area contributed by atoms with Gasteiger partial charge in [-0.15, -0.1) is 23.5 Å². The molecule has 0 saturated carbocycles. The van der Waals surface area contributed by atoms with Crippen LogP contribution in [0.3, 0.4) is 0 Å². The van der Waals surface area contributed by atoms with Gasteiger partial charge in [-0.1, -0.05) is 0 Å². The number of hydrogen-bond acceptors (Lipinski definition) is 3. The number of hydrogen-bond donors (Lipinski definition) is 0. The second kappa shape index (κ2) is 3.97. The van der Waals surface area contributed by atoms with E-state index in [1.807, 2.05) is 0 Å². The van der Waals surface area contributed by atoms with Crippen LogP contribution >= 0.6 is 39.5 Å². The Morgan fingerprint density at radius 2 is 2.06 bits per heavy atom. The summed E-state index contributed by atoms with van der Waals surface area (Å²) in [5, 5.41) is 9.09. The molecule has 1 aliphatic carbocycles. The summed E-state index contributed by atoms with van der Waals surface area (Å²) in [5.74, 6) is 2.48. The number of aryl methyl sites for hydroxylation is 1. The molecular formula is C12H10BrNS2. The molecule has 0 atom stereocenters. The lowest BCUT2D eigenvalue weighted by atomic mass is 10.1. The fourth-order valence-corrected chi connectivity index (χ4v) is 6.27. The van der Waals surface area contributed by atoms with Gasteiger partial charge in [-0.2, -0.15) is 5.26 Å². The minimum Gasteiger partial charge on any atom is -0.192 e. The fraction of sp³-hybridized carbons (Fsp3) is 0.417. The van der Waals surface area contributed by atoms with Crippen molar-refractivity contribution >= 4 is 39.5 Å². The zero-order valence-electron chi connectivity index (χ0n) is 8.62. The van der Waals surface area contributed by atoms with E-state index in [-0.39, 0.29) is 4.08 Å². The van der Waals surface area contributed by atoms with Crippen LogP contribution in [0.25, 0.3) is 0 Å². The maximum Gasteiger partial charge on any atom is 0.100 e. The zero-order chi connectivity index (χ0) is 11.2. The topological polar surface area (TPSA) is 23.8 Å². The standard InChI is InChI=1S/C12H10BrNS2/c13-11-6-8-1-2-12(15-3-4-16-12)10(8)5-9(11)7-14/h5-6H,1-4H2. The van der Waals surface area contributed by atoms with Crippen LogP contribution in [0.15, 0.2) is 16.6 Å². The van der Waals surface area contributed by atoms with Crippen LogP contribution in [0.4, 0.5) is 0 Å². The largest absolute Gasteiger partial charge is 0.192 e. The third-order valence-corrected chi connectivity index (χ3v) is 7.42. The van der Waals surface area contributed by atoms with Gasteiger partial charge in [0.2, 0.25) is 0 Å². The molecule has 1 heterocycles. The maximum absolute atomic E-state index is 9.09. The van der Waals surface area contributed by atoms with Gasteiger partial charge in [0.25, 0.3) is 0 Å². The van der Waals surface area contributed by atoms with Crippen molar-refractivity contribution in [1.82, 2.24) is 0 Å². The Morgan fingerprint density at radius 3 is 2.75 bits per heavy atom. The molecule has 0 unspecified atom stereocenters. The van der Waals surface area contributed by atoms with Crippen molar-refractivity contribution < 1.29 is 0 Å². The van der Waals surface area contributed by atoms with Gasteiger partial charge in [-0.05, 0) is 52.0 Å². The van der Waals surface area contributed by atoms with Gasteiger partial charge in [-0.25, -0.2) is 0 Å². The highest BCUT2D eigenvalue weighted by atomic mass is 79.9. The first kappa shape index (κ1) is 11.0. The first-order valence-corrected chi connectivity index (χ1v) is 8.02. The number of thioether (sulfide) groups is 2. The van der Waals surface area contributed by atoms with Gasteiger partial charge in [-0.3, -0.25) is 0 Å². The van der Waals surface area contributed by atoms with Crippen LogP contribution in [-0.4, -0.2) is 11.5 Å². The first-order chi connectivity index (χ1) is 7.75. The molecular weight excluding hydrogens is 302 g/mol. The highest BCUT2D eigenvalue weighted by Gasteiger charge is 2.43. The normalized spacial score (nSPS) is 21.0. The summed E-state index contributed by atoms with van der Waals surface area (Å²) in [6, 6.07) is 6.50. The smallest absolute Gasteiger partial charge is 0.100 e. The van der Waals surface area contributed by atoms with Crippen molar-refractivity contribution in [3.05, 3.63) is 33.3 Å². The molecule has 82 valence electrons. The van der Waals surface area contributed by atoms with Gasteiger partial charge in [0.15, 0.2) is 0 Å². The molecule has 1 fully saturated rings. The SMILES string of the molecule is N#Cc1cc2c(cc1Br)CCC21SCCS1. The summed E-state index contributed by atoms with van der Waals surface area (Å²) >= 11 is 7.59. The minimum absolute atomic E-state index is 0.266. The Labute approximate surface area is 112 Å². The van der Waals surface area contributed by atoms with Crippen molar-refractivity contribution in [2.45, 2.75) is 16.9 Å². The third kappa shape index (κ3) is 1.53. The van der Waals surface area contributed by atoms with Crippen LogP contribution in [-0.2, 0) is 10.5 Å².